The summed E-state index contributed by atoms with van der Waals surface area (Å²) in [6, 6.07) is 11.3. The van der Waals surface area contributed by atoms with Gasteiger partial charge in [-0.25, -0.2) is 4.39 Å². The number of anilines is 1. The van der Waals surface area contributed by atoms with Crippen LogP contribution in [-0.2, 0) is 9.59 Å². The first kappa shape index (κ1) is 18.1. The van der Waals surface area contributed by atoms with Gasteiger partial charge in [0.2, 0.25) is 12.7 Å². The highest BCUT2D eigenvalue weighted by atomic mass is 19.1. The summed E-state index contributed by atoms with van der Waals surface area (Å²) < 4.78 is 29.3. The molecule has 4 rings (SSSR count). The number of fused-ring (bicyclic) bond motifs is 1. The van der Waals surface area contributed by atoms with Crippen molar-refractivity contribution in [3.63, 3.8) is 0 Å². The fourth-order valence-electron chi connectivity index (χ4n) is 3.24. The molecule has 1 N–H and O–H groups in total. The Labute approximate surface area is 161 Å². The van der Waals surface area contributed by atoms with Crippen LogP contribution in [0.25, 0.3) is 0 Å². The van der Waals surface area contributed by atoms with Crippen molar-refractivity contribution in [3.05, 3.63) is 48.3 Å². The summed E-state index contributed by atoms with van der Waals surface area (Å²) in [6.45, 7) is 0.725. The molecule has 8 heteroatoms. The minimum Gasteiger partial charge on any atom is -0.481 e. The molecule has 0 aromatic heterocycles. The number of ether oxygens (including phenoxy) is 3. The molecule has 1 fully saturated rings. The zero-order valence-electron chi connectivity index (χ0n) is 15.0. The van der Waals surface area contributed by atoms with Gasteiger partial charge >= 0.3 is 0 Å². The summed E-state index contributed by atoms with van der Waals surface area (Å²) in [5.41, 5.74) is 0.742. The molecule has 0 saturated carbocycles. The lowest BCUT2D eigenvalue weighted by Crippen LogP contribution is -2.34. The molecule has 0 spiro atoms. The lowest BCUT2D eigenvalue weighted by atomic mass is 10.1. The molecule has 2 heterocycles. The molecule has 1 saturated heterocycles. The van der Waals surface area contributed by atoms with E-state index >= 15 is 0 Å². The van der Waals surface area contributed by atoms with E-state index in [1.54, 1.807) is 29.2 Å². The summed E-state index contributed by atoms with van der Waals surface area (Å²) in [5.74, 6) is 0.397. The Morgan fingerprint density at radius 1 is 1.21 bits per heavy atom. The van der Waals surface area contributed by atoms with Gasteiger partial charge in [0.1, 0.15) is 0 Å². The van der Waals surface area contributed by atoms with E-state index in [4.69, 9.17) is 14.2 Å². The molecule has 1 atom stereocenters. The van der Waals surface area contributed by atoms with Gasteiger partial charge in [-0.1, -0.05) is 12.1 Å². The zero-order valence-corrected chi connectivity index (χ0v) is 15.0. The third-order valence-corrected chi connectivity index (χ3v) is 4.66. The number of para-hydroxylation sites is 1. The third kappa shape index (κ3) is 3.85. The van der Waals surface area contributed by atoms with Crippen molar-refractivity contribution in [1.29, 1.82) is 0 Å². The Bertz CT molecular complexity index is 904. The summed E-state index contributed by atoms with van der Waals surface area (Å²) in [6.07, 6.45) is 0.336. The van der Waals surface area contributed by atoms with Crippen molar-refractivity contribution in [1.82, 2.24) is 5.32 Å². The number of carbonyl (C=O) groups excluding carboxylic acids is 2. The van der Waals surface area contributed by atoms with Crippen molar-refractivity contribution < 1.29 is 28.2 Å². The van der Waals surface area contributed by atoms with Gasteiger partial charge in [-0.3, -0.25) is 9.59 Å². The molecule has 2 aromatic rings. The molecule has 2 aromatic carbocycles. The van der Waals surface area contributed by atoms with Crippen LogP contribution in [0.3, 0.4) is 0 Å². The first-order chi connectivity index (χ1) is 13.6. The van der Waals surface area contributed by atoms with E-state index in [0.29, 0.717) is 31.0 Å². The van der Waals surface area contributed by atoms with Gasteiger partial charge in [0.15, 0.2) is 29.7 Å². The van der Waals surface area contributed by atoms with Gasteiger partial charge in [-0.15, -0.1) is 0 Å². The second kappa shape index (κ2) is 7.75. The summed E-state index contributed by atoms with van der Waals surface area (Å²) >= 11 is 0. The van der Waals surface area contributed by atoms with Gasteiger partial charge in [-0.05, 0) is 24.3 Å². The zero-order chi connectivity index (χ0) is 19.5. The van der Waals surface area contributed by atoms with E-state index in [1.165, 1.54) is 12.1 Å². The number of nitrogens with zero attached hydrogens (tertiary/aromatic N) is 1. The molecule has 2 amide bonds. The molecular weight excluding hydrogens is 367 g/mol. The van der Waals surface area contributed by atoms with E-state index in [0.717, 1.165) is 5.69 Å². The molecule has 0 aliphatic carbocycles. The predicted molar refractivity (Wildman–Crippen MR) is 97.9 cm³/mol. The number of carbonyl (C=O) groups is 2. The molecule has 7 nitrogen and oxygen atoms in total. The quantitative estimate of drug-likeness (QED) is 0.823. The second-order valence-corrected chi connectivity index (χ2v) is 6.64. The molecule has 28 heavy (non-hydrogen) atoms. The fraction of sp³-hybridized carbons (Fsp3) is 0.300. The number of halogens is 1. The number of benzene rings is 2. The molecular formula is C20H19FN2O5. The minimum atomic E-state index is -0.518. The Morgan fingerprint density at radius 3 is 2.89 bits per heavy atom. The van der Waals surface area contributed by atoms with Crippen LogP contribution in [0.4, 0.5) is 10.1 Å². The van der Waals surface area contributed by atoms with Crippen LogP contribution in [0, 0.1) is 11.7 Å². The highest BCUT2D eigenvalue weighted by molar-refractivity contribution is 5.96. The van der Waals surface area contributed by atoms with Crippen LogP contribution in [0.1, 0.15) is 6.42 Å². The summed E-state index contributed by atoms with van der Waals surface area (Å²) in [4.78, 5) is 26.0. The summed E-state index contributed by atoms with van der Waals surface area (Å²) in [7, 11) is 0. The first-order valence-electron chi connectivity index (χ1n) is 8.94. The van der Waals surface area contributed by atoms with E-state index in [2.05, 4.69) is 5.32 Å². The number of nitrogens with one attached hydrogen (secondary N) is 1. The highest BCUT2D eigenvalue weighted by Gasteiger charge is 2.31. The van der Waals surface area contributed by atoms with Crippen molar-refractivity contribution in [3.8, 4) is 17.2 Å². The molecule has 1 unspecified atom stereocenters. The van der Waals surface area contributed by atoms with Crippen molar-refractivity contribution in [2.45, 2.75) is 6.42 Å². The van der Waals surface area contributed by atoms with Gasteiger partial charge in [0, 0.05) is 37.2 Å². The Balaban J connectivity index is 1.27. The number of hydrogen-bond acceptors (Lipinski definition) is 5. The maximum Gasteiger partial charge on any atom is 0.257 e. The fourth-order valence-corrected chi connectivity index (χ4v) is 3.24. The first-order valence-corrected chi connectivity index (χ1v) is 8.94. The predicted octanol–water partition coefficient (Wildman–Crippen LogP) is 2.10. The average Bonchev–Trinajstić information content (AvgIpc) is 3.31. The van der Waals surface area contributed by atoms with Crippen molar-refractivity contribution >= 4 is 17.5 Å². The second-order valence-electron chi connectivity index (χ2n) is 6.64. The largest absolute Gasteiger partial charge is 0.481 e. The van der Waals surface area contributed by atoms with Crippen LogP contribution < -0.4 is 24.4 Å². The van der Waals surface area contributed by atoms with Gasteiger partial charge in [0.05, 0.1) is 0 Å². The topological polar surface area (TPSA) is 77.1 Å². The van der Waals surface area contributed by atoms with E-state index in [-0.39, 0.29) is 36.9 Å². The standard InChI is InChI=1S/C20H19FN2O5/c21-15-3-1-2-4-16(15)26-11-19(24)22-9-13-7-20(25)23(10-13)14-5-6-17-18(8-14)28-12-27-17/h1-6,8,13H,7,9-12H2,(H,22,24). The molecule has 0 bridgehead atoms. The van der Waals surface area contributed by atoms with Gasteiger partial charge in [0.25, 0.3) is 5.91 Å². The van der Waals surface area contributed by atoms with E-state index < -0.39 is 5.82 Å². The van der Waals surface area contributed by atoms with Crippen molar-refractivity contribution in [2.24, 2.45) is 5.92 Å². The van der Waals surface area contributed by atoms with E-state index in [1.807, 2.05) is 6.07 Å². The molecule has 2 aliphatic rings. The maximum atomic E-state index is 13.5. The van der Waals surface area contributed by atoms with E-state index in [9.17, 15) is 14.0 Å². The normalized spacial score (nSPS) is 17.7. The lowest BCUT2D eigenvalue weighted by Gasteiger charge is -2.17. The van der Waals surface area contributed by atoms with Crippen LogP contribution in [0.15, 0.2) is 42.5 Å². The van der Waals surface area contributed by atoms with Crippen LogP contribution in [0.5, 0.6) is 17.2 Å². The van der Waals surface area contributed by atoms with Crippen LogP contribution in [0.2, 0.25) is 0 Å². The van der Waals surface area contributed by atoms with Gasteiger partial charge < -0.3 is 24.4 Å². The van der Waals surface area contributed by atoms with Crippen molar-refractivity contribution in [2.75, 3.05) is 31.4 Å². The maximum absolute atomic E-state index is 13.5. The van der Waals surface area contributed by atoms with Crippen LogP contribution >= 0.6 is 0 Å². The third-order valence-electron chi connectivity index (χ3n) is 4.66. The Hall–Kier alpha value is -3.29. The SMILES string of the molecule is O=C(COc1ccccc1F)NCC1CC(=O)N(c2ccc3c(c2)OCO3)C1. The highest BCUT2D eigenvalue weighted by Crippen LogP contribution is 2.37. The number of hydrogen-bond donors (Lipinski definition) is 1. The molecule has 2 aliphatic heterocycles. The minimum absolute atomic E-state index is 0.0132. The lowest BCUT2D eigenvalue weighted by molar-refractivity contribution is -0.123. The number of amides is 2. The monoisotopic (exact) mass is 386 g/mol. The Kier molecular flexibility index (Phi) is 5.01. The number of rotatable bonds is 6. The smallest absolute Gasteiger partial charge is 0.257 e. The van der Waals surface area contributed by atoms with Gasteiger partial charge in [-0.2, -0.15) is 0 Å². The van der Waals surface area contributed by atoms with Crippen LogP contribution in [-0.4, -0.2) is 38.3 Å². The Morgan fingerprint density at radius 2 is 2.04 bits per heavy atom. The average molecular weight is 386 g/mol. The molecule has 0 radical (unpaired) electrons. The molecule has 146 valence electrons. The summed E-state index contributed by atoms with van der Waals surface area (Å²) in [5, 5.41) is 2.74.